The summed E-state index contributed by atoms with van der Waals surface area (Å²) in [5.41, 5.74) is 5.07. The van der Waals surface area contributed by atoms with Crippen LogP contribution in [0.4, 0.5) is 0 Å². The highest BCUT2D eigenvalue weighted by Gasteiger charge is 2.62. The highest BCUT2D eigenvalue weighted by molar-refractivity contribution is 6.13. The van der Waals surface area contributed by atoms with Crippen molar-refractivity contribution >= 4 is 45.5 Å². The molecule has 7 fully saturated rings. The van der Waals surface area contributed by atoms with Crippen LogP contribution in [0.1, 0.15) is 183 Å². The first-order chi connectivity index (χ1) is 40.1. The van der Waals surface area contributed by atoms with E-state index in [1.807, 2.05) is 21.8 Å². The molecule has 0 saturated heterocycles. The number of ether oxygens (including phenoxy) is 2. The van der Waals surface area contributed by atoms with Gasteiger partial charge in [0, 0.05) is 58.9 Å². The number of benzene rings is 2. The molecule has 0 aliphatic heterocycles. The summed E-state index contributed by atoms with van der Waals surface area (Å²) in [4.78, 5) is 26.9. The van der Waals surface area contributed by atoms with Gasteiger partial charge < -0.3 is 24.3 Å². The normalized spacial score (nSPS) is 36.7. The number of halogens is 1. The number of hydrogen-bond donors (Lipinski definition) is 3. The van der Waals surface area contributed by atoms with Gasteiger partial charge in [0.25, 0.3) is 0 Å². The Hall–Kier alpha value is -4.37. The van der Waals surface area contributed by atoms with E-state index in [1.54, 1.807) is 0 Å². The maximum Gasteiger partial charge on any atom is 0.305 e. The smallest absolute Gasteiger partial charge is 0.305 e. The molecule has 7 saturated carbocycles. The molecule has 3 aromatic heterocycles. The minimum Gasteiger partial charge on any atom is -0.469 e. The van der Waals surface area contributed by atoms with Crippen molar-refractivity contribution in [3.63, 3.8) is 0 Å². The van der Waals surface area contributed by atoms with E-state index in [0.29, 0.717) is 97.7 Å². The van der Waals surface area contributed by atoms with Gasteiger partial charge in [-0.2, -0.15) is 0 Å². The summed E-state index contributed by atoms with van der Waals surface area (Å²) in [6, 6.07) is 13.1. The fraction of sp³-hybridized carbons (Fsp3) is 0.739. The lowest BCUT2D eigenvalue weighted by Gasteiger charge is -2.62. The monoisotopic (exact) mass is 1170 g/mol. The van der Waals surface area contributed by atoms with Crippen molar-refractivity contribution in [2.24, 2.45) is 86.8 Å². The number of hydrogen-bond acceptors (Lipinski definition) is 11. The van der Waals surface area contributed by atoms with Gasteiger partial charge in [-0.15, -0.1) is 10.2 Å². The summed E-state index contributed by atoms with van der Waals surface area (Å²) in [7, 11) is 2.99. The van der Waals surface area contributed by atoms with Crippen molar-refractivity contribution in [3.05, 3.63) is 48.8 Å². The molecule has 7 aliphatic carbocycles. The molecule has 84 heavy (non-hydrogen) atoms. The van der Waals surface area contributed by atoms with E-state index in [1.165, 1.54) is 78.4 Å². The highest BCUT2D eigenvalue weighted by atomic mass is 35.5. The van der Waals surface area contributed by atoms with Crippen LogP contribution in [-0.2, 0) is 38.7 Å². The molecule has 0 spiro atoms. The summed E-state index contributed by atoms with van der Waals surface area (Å²) in [6.45, 7) is 19.5. The number of nitrogens with zero attached hydrogens (tertiary/aromatic N) is 7. The third-order valence-corrected chi connectivity index (χ3v) is 26.4. The zero-order chi connectivity index (χ0) is 59.1. The number of aromatic nitrogens is 7. The number of rotatable bonds is 18. The quantitative estimate of drug-likeness (QED) is 0.0563. The van der Waals surface area contributed by atoms with Gasteiger partial charge in [0.1, 0.15) is 11.4 Å². The molecule has 12 rings (SSSR count). The predicted octanol–water partition coefficient (Wildman–Crippen LogP) is 14.0. The van der Waals surface area contributed by atoms with Gasteiger partial charge in [-0.25, -0.2) is 14.2 Å². The maximum absolute atomic E-state index is 12.4. The van der Waals surface area contributed by atoms with Crippen LogP contribution in [0.5, 0.6) is 0 Å². The lowest BCUT2D eigenvalue weighted by atomic mass is 9.43. The van der Waals surface area contributed by atoms with Gasteiger partial charge in [0.2, 0.25) is 0 Å². The van der Waals surface area contributed by atoms with E-state index in [4.69, 9.17) is 31.4 Å². The zero-order valence-corrected chi connectivity index (χ0v) is 52.9. The largest absolute Gasteiger partial charge is 0.469 e. The summed E-state index contributed by atoms with van der Waals surface area (Å²) >= 11 is 6.15. The molecular weight excluding hydrogens is 1070 g/mol. The third-order valence-electron chi connectivity index (χ3n) is 26.2. The molecule has 14 nitrogen and oxygen atoms in total. The van der Waals surface area contributed by atoms with Crippen LogP contribution in [0.15, 0.2) is 48.8 Å². The molecule has 2 aromatic carbocycles. The van der Waals surface area contributed by atoms with Gasteiger partial charge in [0.15, 0.2) is 0 Å². The Bertz CT molecular complexity index is 3210. The molecule has 17 atom stereocenters. The fourth-order valence-corrected chi connectivity index (χ4v) is 21.1. The molecule has 0 radical (unpaired) electrons. The van der Waals surface area contributed by atoms with Crippen molar-refractivity contribution in [1.29, 1.82) is 0 Å². The first-order valence-electron chi connectivity index (χ1n) is 32.9. The lowest BCUT2D eigenvalue weighted by molar-refractivity contribution is -0.156. The van der Waals surface area contributed by atoms with Gasteiger partial charge >= 0.3 is 11.9 Å². The fourth-order valence-electron chi connectivity index (χ4n) is 21.0. The SMILES string of the molecule is COC(=O)CC[C@@H](C)C(C)C1(C)CCC2[C@@H](CC[C@@H]3C[C@](O)(Cn4cc(-c5ccc6c7ccc(-c8cn(C[C@]9(O)CCC%10(C)C(CC[C@@H]%11C%10CCC%10(C)C([C@H](C)CCC(=O)OC)CC[C@@H]%11%10)C9)nn8)cc7n(CCNCl)c6c5)nn4)CCC23C)C1. The first kappa shape index (κ1) is 59.9. The van der Waals surface area contributed by atoms with Crippen LogP contribution in [0.3, 0.4) is 0 Å². The highest BCUT2D eigenvalue weighted by Crippen LogP contribution is 2.69. The molecule has 0 amide bonds. The minimum atomic E-state index is -0.839. The van der Waals surface area contributed by atoms with Crippen molar-refractivity contribution in [3.8, 4) is 22.5 Å². The van der Waals surface area contributed by atoms with Crippen LogP contribution in [0, 0.1) is 86.8 Å². The summed E-state index contributed by atoms with van der Waals surface area (Å²) < 4.78 is 16.0. The number of nitrogens with one attached hydrogen (secondary N) is 1. The number of esters is 2. The lowest BCUT2D eigenvalue weighted by Crippen LogP contribution is -2.56. The molecule has 3 heterocycles. The molecule has 9 unspecified atom stereocenters. The second-order valence-corrected chi connectivity index (χ2v) is 30.6. The Morgan fingerprint density at radius 3 is 1.79 bits per heavy atom. The van der Waals surface area contributed by atoms with E-state index >= 15 is 0 Å². The number of fused-ring (bicyclic) bond motifs is 11. The molecule has 3 N–H and O–H groups in total. The second kappa shape index (κ2) is 23.0. The van der Waals surface area contributed by atoms with Crippen LogP contribution in [0.25, 0.3) is 44.3 Å². The molecule has 5 aromatic rings. The number of aliphatic hydroxyl groups is 2. The molecule has 7 aliphatic rings. The Morgan fingerprint density at radius 2 is 1.20 bits per heavy atom. The Kier molecular flexibility index (Phi) is 16.4. The van der Waals surface area contributed by atoms with Crippen molar-refractivity contribution in [2.75, 3.05) is 20.8 Å². The van der Waals surface area contributed by atoms with Crippen molar-refractivity contribution in [2.45, 2.75) is 214 Å². The maximum atomic E-state index is 12.4. The molecular formula is C69H99ClN8O6. The van der Waals surface area contributed by atoms with Gasteiger partial charge in [-0.1, -0.05) is 83.2 Å². The Labute approximate surface area is 504 Å². The Morgan fingerprint density at radius 1 is 0.655 bits per heavy atom. The summed E-state index contributed by atoms with van der Waals surface area (Å²) in [5, 5.41) is 45.9. The number of carbonyl (C=O) groups is 2. The van der Waals surface area contributed by atoms with E-state index in [2.05, 4.69) is 105 Å². The standard InChI is InChI=1S/C69H99ClN8O6/c1-43(10-22-62(79)83-8)45(3)64(4)26-24-55-48(36-64)12-15-49-37-68(81,30-28-65(49,55)5)41-76-39-58(72-74-76)46-13-17-51-52-18-14-47(35-61(52)78(33-32-71-70)60(51)34-46)59-40-77(75-73-59)42-69(82)31-29-66(6)50(38-69)16-19-53-56-21-20-54(44(2)11-23-63(80)84-9)67(56,7)27-25-57(53)66/h13-14,17-18,34-35,39-40,43-45,48-50,53-57,71,81-82H,10-12,15-16,19-33,36-38,41-42H2,1-9H3/t43-,44-,45?,48+,49-,50?,53+,54?,55?,56+,57?,64?,65?,66?,67?,68+,69+/m1/s1. The Balaban J connectivity index is 0.691. The van der Waals surface area contributed by atoms with E-state index in [9.17, 15) is 19.8 Å². The minimum absolute atomic E-state index is 0.0863. The van der Waals surface area contributed by atoms with E-state index in [-0.39, 0.29) is 28.2 Å². The van der Waals surface area contributed by atoms with Crippen LogP contribution in [-0.4, -0.2) is 88.7 Å². The van der Waals surface area contributed by atoms with E-state index < -0.39 is 11.2 Å². The number of carbonyl (C=O) groups excluding carboxylic acids is 2. The summed E-state index contributed by atoms with van der Waals surface area (Å²) in [6.07, 6.45) is 25.8. The zero-order valence-electron chi connectivity index (χ0n) is 52.2. The topological polar surface area (TPSA) is 171 Å². The van der Waals surface area contributed by atoms with Crippen LogP contribution >= 0.6 is 11.8 Å². The first-order valence-corrected chi connectivity index (χ1v) is 33.3. The van der Waals surface area contributed by atoms with Gasteiger partial charge in [0.05, 0.1) is 50.9 Å². The average molecular weight is 1170 g/mol. The second-order valence-electron chi connectivity index (χ2n) is 30.4. The van der Waals surface area contributed by atoms with Crippen molar-refractivity contribution in [1.82, 2.24) is 39.4 Å². The van der Waals surface area contributed by atoms with E-state index in [0.717, 1.165) is 114 Å². The van der Waals surface area contributed by atoms with Crippen LogP contribution < -0.4 is 4.84 Å². The predicted molar refractivity (Wildman–Crippen MR) is 330 cm³/mol. The summed E-state index contributed by atoms with van der Waals surface area (Å²) in [5.74, 6) is 6.61. The van der Waals surface area contributed by atoms with Gasteiger partial charge in [-0.05, 0) is 233 Å². The molecule has 0 bridgehead atoms. The van der Waals surface area contributed by atoms with Crippen LogP contribution in [0.2, 0.25) is 0 Å². The number of methoxy groups -OCH3 is 2. The molecule has 15 heteroatoms. The van der Waals surface area contributed by atoms with Gasteiger partial charge in [-0.3, -0.25) is 9.59 Å². The third kappa shape index (κ3) is 10.8. The molecule has 458 valence electrons. The van der Waals surface area contributed by atoms with Crippen molar-refractivity contribution < 1.29 is 29.3 Å². The average Bonchev–Trinajstić information content (AvgIpc) is 2.62.